The topological polar surface area (TPSA) is 62.5 Å². The van der Waals surface area contributed by atoms with E-state index >= 15 is 0 Å². The first kappa shape index (κ1) is 16.6. The number of nitrogens with one attached hydrogen (secondary N) is 1. The molecule has 1 aromatic heterocycles. The SMILES string of the molecule is O=C(NC[C@@H](O)c1ccccc1C(F)(F)F)c1ccc(Br)o1. The van der Waals surface area contributed by atoms with Crippen LogP contribution in [-0.2, 0) is 6.18 Å². The molecule has 4 nitrogen and oxygen atoms in total. The molecule has 0 radical (unpaired) electrons. The van der Waals surface area contributed by atoms with Crippen LogP contribution >= 0.6 is 15.9 Å². The van der Waals surface area contributed by atoms with E-state index in [1.807, 2.05) is 0 Å². The van der Waals surface area contributed by atoms with Crippen molar-refractivity contribution in [3.8, 4) is 0 Å². The first-order chi connectivity index (χ1) is 10.3. The van der Waals surface area contributed by atoms with Gasteiger partial charge >= 0.3 is 6.18 Å². The minimum absolute atomic E-state index is 0.0109. The molecule has 0 saturated carbocycles. The zero-order valence-corrected chi connectivity index (χ0v) is 12.6. The van der Waals surface area contributed by atoms with E-state index in [4.69, 9.17) is 4.42 Å². The summed E-state index contributed by atoms with van der Waals surface area (Å²) in [5, 5.41) is 12.2. The average Bonchev–Trinajstić information content (AvgIpc) is 2.90. The molecule has 8 heteroatoms. The smallest absolute Gasteiger partial charge is 0.416 e. The molecule has 2 aromatic rings. The zero-order valence-electron chi connectivity index (χ0n) is 11.0. The van der Waals surface area contributed by atoms with Crippen LogP contribution in [0.3, 0.4) is 0 Å². The number of rotatable bonds is 4. The Bertz CT molecular complexity index is 669. The highest BCUT2D eigenvalue weighted by Crippen LogP contribution is 2.34. The summed E-state index contributed by atoms with van der Waals surface area (Å²) < 4.78 is 43.9. The number of hydrogen-bond donors (Lipinski definition) is 2. The van der Waals surface area contributed by atoms with Gasteiger partial charge in [0, 0.05) is 6.54 Å². The van der Waals surface area contributed by atoms with Gasteiger partial charge in [-0.15, -0.1) is 0 Å². The predicted molar refractivity (Wildman–Crippen MR) is 75.1 cm³/mol. The fraction of sp³-hybridized carbons (Fsp3) is 0.214. The van der Waals surface area contributed by atoms with Crippen LogP contribution in [0.4, 0.5) is 13.2 Å². The Morgan fingerprint density at radius 1 is 1.27 bits per heavy atom. The van der Waals surface area contributed by atoms with Crippen molar-refractivity contribution < 1.29 is 27.5 Å². The Kier molecular flexibility index (Phi) is 4.92. The number of halogens is 4. The summed E-state index contributed by atoms with van der Waals surface area (Å²) in [6.45, 7) is -0.371. The Morgan fingerprint density at radius 2 is 1.95 bits per heavy atom. The molecule has 118 valence electrons. The van der Waals surface area contributed by atoms with Gasteiger partial charge in [-0.2, -0.15) is 13.2 Å². The lowest BCUT2D eigenvalue weighted by atomic mass is 10.0. The number of aliphatic hydroxyl groups is 1. The standard InChI is InChI=1S/C14H11BrF3NO3/c15-12-6-5-11(22-12)13(21)19-7-10(20)8-3-1-2-4-9(8)14(16,17)18/h1-6,10,20H,7H2,(H,19,21)/t10-/m1/s1. The first-order valence-corrected chi connectivity index (χ1v) is 6.96. The van der Waals surface area contributed by atoms with Crippen molar-refractivity contribution in [2.75, 3.05) is 6.54 Å². The highest BCUT2D eigenvalue weighted by atomic mass is 79.9. The fourth-order valence-electron chi connectivity index (χ4n) is 1.87. The Labute approximate surface area is 132 Å². The molecular formula is C14H11BrF3NO3. The monoisotopic (exact) mass is 377 g/mol. The molecule has 22 heavy (non-hydrogen) atoms. The lowest BCUT2D eigenvalue weighted by Crippen LogP contribution is -2.29. The number of aliphatic hydroxyl groups excluding tert-OH is 1. The molecule has 0 bridgehead atoms. The largest absolute Gasteiger partial charge is 0.444 e. The molecule has 0 fully saturated rings. The van der Waals surface area contributed by atoms with Gasteiger partial charge in [-0.1, -0.05) is 18.2 Å². The number of amides is 1. The summed E-state index contributed by atoms with van der Waals surface area (Å²) in [5.74, 6) is -0.641. The first-order valence-electron chi connectivity index (χ1n) is 6.17. The van der Waals surface area contributed by atoms with Gasteiger partial charge in [0.25, 0.3) is 5.91 Å². The van der Waals surface area contributed by atoms with E-state index in [0.717, 1.165) is 6.07 Å². The number of hydrogen-bond acceptors (Lipinski definition) is 3. The summed E-state index contributed by atoms with van der Waals surface area (Å²) in [4.78, 5) is 11.7. The number of carbonyl (C=O) groups is 1. The highest BCUT2D eigenvalue weighted by molar-refractivity contribution is 9.10. The predicted octanol–water partition coefficient (Wildman–Crippen LogP) is 3.52. The van der Waals surface area contributed by atoms with Crippen molar-refractivity contribution in [3.63, 3.8) is 0 Å². The third-order valence-electron chi connectivity index (χ3n) is 2.88. The maximum Gasteiger partial charge on any atom is 0.416 e. The van der Waals surface area contributed by atoms with Crippen LogP contribution in [0.15, 0.2) is 45.5 Å². The van der Waals surface area contributed by atoms with Gasteiger partial charge in [0.1, 0.15) is 0 Å². The molecule has 1 amide bonds. The molecule has 1 aromatic carbocycles. The second-order valence-corrected chi connectivity index (χ2v) is 5.20. The molecule has 2 rings (SSSR count). The molecule has 2 N–H and O–H groups in total. The van der Waals surface area contributed by atoms with E-state index in [0.29, 0.717) is 4.67 Å². The van der Waals surface area contributed by atoms with Crippen LogP contribution in [-0.4, -0.2) is 17.6 Å². The number of benzene rings is 1. The van der Waals surface area contributed by atoms with Crippen molar-refractivity contribution in [3.05, 3.63) is 58.0 Å². The maximum absolute atomic E-state index is 12.9. The number of furan rings is 1. The minimum Gasteiger partial charge on any atom is -0.444 e. The molecule has 0 saturated heterocycles. The zero-order chi connectivity index (χ0) is 16.3. The molecule has 1 heterocycles. The summed E-state index contributed by atoms with van der Waals surface area (Å²) in [7, 11) is 0. The maximum atomic E-state index is 12.9. The third-order valence-corrected chi connectivity index (χ3v) is 3.30. The van der Waals surface area contributed by atoms with Crippen molar-refractivity contribution in [2.45, 2.75) is 12.3 Å². The van der Waals surface area contributed by atoms with Crippen LogP contribution in [0, 0.1) is 0 Å². The second kappa shape index (κ2) is 6.53. The molecule has 0 aliphatic heterocycles. The van der Waals surface area contributed by atoms with Gasteiger partial charge in [0.15, 0.2) is 10.4 Å². The Hall–Kier alpha value is -1.80. The van der Waals surface area contributed by atoms with Gasteiger partial charge in [-0.05, 0) is 39.7 Å². The summed E-state index contributed by atoms with van der Waals surface area (Å²) in [6.07, 6.45) is -6.06. The molecule has 0 aliphatic rings. The van der Waals surface area contributed by atoms with Gasteiger partial charge in [-0.25, -0.2) is 0 Å². The van der Waals surface area contributed by atoms with E-state index in [2.05, 4.69) is 21.2 Å². The van der Waals surface area contributed by atoms with Gasteiger partial charge < -0.3 is 14.8 Å². The summed E-state index contributed by atoms with van der Waals surface area (Å²) in [6, 6.07) is 7.57. The lowest BCUT2D eigenvalue weighted by molar-refractivity contribution is -0.139. The van der Waals surface area contributed by atoms with Crippen LogP contribution in [0.25, 0.3) is 0 Å². The Morgan fingerprint density at radius 3 is 2.55 bits per heavy atom. The quantitative estimate of drug-likeness (QED) is 0.856. The third kappa shape index (κ3) is 3.89. The highest BCUT2D eigenvalue weighted by Gasteiger charge is 2.34. The van der Waals surface area contributed by atoms with Crippen molar-refractivity contribution in [1.29, 1.82) is 0 Å². The van der Waals surface area contributed by atoms with Crippen LogP contribution in [0.5, 0.6) is 0 Å². The van der Waals surface area contributed by atoms with Crippen LogP contribution < -0.4 is 5.32 Å². The molecule has 1 atom stereocenters. The van der Waals surface area contributed by atoms with E-state index in [-0.39, 0.29) is 17.9 Å². The van der Waals surface area contributed by atoms with E-state index in [1.165, 1.54) is 30.3 Å². The van der Waals surface area contributed by atoms with Crippen molar-refractivity contribution in [2.24, 2.45) is 0 Å². The van der Waals surface area contributed by atoms with Crippen LogP contribution in [0.1, 0.15) is 27.8 Å². The Balaban J connectivity index is 2.07. The fourth-order valence-corrected chi connectivity index (χ4v) is 2.18. The summed E-state index contributed by atoms with van der Waals surface area (Å²) >= 11 is 3.03. The second-order valence-electron chi connectivity index (χ2n) is 4.41. The van der Waals surface area contributed by atoms with Crippen molar-refractivity contribution in [1.82, 2.24) is 5.32 Å². The van der Waals surface area contributed by atoms with Gasteiger partial charge in [0.05, 0.1) is 11.7 Å². The molecule has 0 unspecified atom stereocenters. The van der Waals surface area contributed by atoms with E-state index in [9.17, 15) is 23.1 Å². The van der Waals surface area contributed by atoms with E-state index < -0.39 is 23.8 Å². The van der Waals surface area contributed by atoms with Crippen LogP contribution in [0.2, 0.25) is 0 Å². The minimum atomic E-state index is -4.58. The summed E-state index contributed by atoms with van der Waals surface area (Å²) in [5.41, 5.74) is -1.23. The molecule has 0 spiro atoms. The lowest BCUT2D eigenvalue weighted by Gasteiger charge is -2.17. The molecule has 0 aliphatic carbocycles. The van der Waals surface area contributed by atoms with Gasteiger partial charge in [-0.3, -0.25) is 4.79 Å². The van der Waals surface area contributed by atoms with Crippen molar-refractivity contribution >= 4 is 21.8 Å². The molecular weight excluding hydrogens is 367 g/mol. The number of alkyl halides is 3. The van der Waals surface area contributed by atoms with Gasteiger partial charge in [0.2, 0.25) is 0 Å². The average molecular weight is 378 g/mol. The normalized spacial score (nSPS) is 13.0. The van der Waals surface area contributed by atoms with E-state index in [1.54, 1.807) is 0 Å². The number of carbonyl (C=O) groups excluding carboxylic acids is 1.